The molecule has 2 aromatic rings. The minimum atomic E-state index is -0.939. The Hall–Kier alpha value is -2.63. The first-order valence-electron chi connectivity index (χ1n) is 11.0. The molecule has 4 atom stereocenters. The predicted octanol–water partition coefficient (Wildman–Crippen LogP) is 4.59. The third-order valence-corrected chi connectivity index (χ3v) is 7.58. The molecule has 0 saturated heterocycles. The monoisotopic (exact) mass is 419 g/mol. The second kappa shape index (κ2) is 6.68. The van der Waals surface area contributed by atoms with Gasteiger partial charge in [0.25, 0.3) is 0 Å². The van der Waals surface area contributed by atoms with Crippen molar-refractivity contribution < 1.29 is 14.9 Å². The van der Waals surface area contributed by atoms with Crippen molar-refractivity contribution in [2.45, 2.75) is 62.1 Å². The maximum atomic E-state index is 11.4. The fraction of sp³-hybridized carbons (Fsp3) is 0.423. The summed E-state index contributed by atoms with van der Waals surface area (Å²) in [5, 5.41) is 26.2. The number of phenols is 1. The molecule has 5 heteroatoms. The van der Waals surface area contributed by atoms with Crippen LogP contribution in [0.1, 0.15) is 77.9 Å². The molecule has 0 amide bonds. The number of anilines is 1. The van der Waals surface area contributed by atoms with Crippen LogP contribution in [-0.4, -0.2) is 17.3 Å². The minimum absolute atomic E-state index is 0.114. The van der Waals surface area contributed by atoms with Crippen LogP contribution in [0, 0.1) is 6.92 Å². The number of fused-ring (bicyclic) bond motifs is 1. The molecule has 0 bridgehead atoms. The summed E-state index contributed by atoms with van der Waals surface area (Å²) in [7, 11) is 1.61. The maximum absolute atomic E-state index is 11.4. The highest BCUT2D eigenvalue weighted by atomic mass is 16.5. The van der Waals surface area contributed by atoms with E-state index in [9.17, 15) is 10.2 Å². The third-order valence-electron chi connectivity index (χ3n) is 7.58. The van der Waals surface area contributed by atoms with Crippen LogP contribution < -0.4 is 11.1 Å². The standard InChI is InChI=1S/C26H30N2O3/c1-14(31-4)16-5-6-17-12-21(28-20(17)11-16)18-13-19-22-15(8-10-26(19,3)30)7-9-25(2,27)23(22)24(18)29/h5-6,11,13,15,21,28,30H,1-2,7-10,12,27H2,3-4H3/p+1. The summed E-state index contributed by atoms with van der Waals surface area (Å²) in [6, 6.07) is 7.99. The first kappa shape index (κ1) is 20.3. The van der Waals surface area contributed by atoms with E-state index >= 15 is 0 Å². The normalized spacial score (nSPS) is 30.8. The van der Waals surface area contributed by atoms with E-state index in [0.29, 0.717) is 18.1 Å². The van der Waals surface area contributed by atoms with Crippen LogP contribution in [0.3, 0.4) is 0 Å². The van der Waals surface area contributed by atoms with Crippen LogP contribution in [0.2, 0.25) is 0 Å². The largest absolute Gasteiger partial charge is 0.507 e. The van der Waals surface area contributed by atoms with Crippen LogP contribution in [0.15, 0.2) is 30.8 Å². The SMILES string of the molecule is C=C(OC)c1ccc2c(c1)NC(c1cc3c4c(c1O)C([CH2+])(N)CCC4CCC3(C)O)C2. The highest BCUT2D eigenvalue weighted by molar-refractivity contribution is 5.69. The van der Waals surface area contributed by atoms with E-state index in [-0.39, 0.29) is 11.8 Å². The van der Waals surface area contributed by atoms with Crippen molar-refractivity contribution in [3.8, 4) is 5.75 Å². The van der Waals surface area contributed by atoms with Gasteiger partial charge >= 0.3 is 0 Å². The number of aromatic hydroxyl groups is 1. The zero-order valence-corrected chi connectivity index (χ0v) is 18.3. The lowest BCUT2D eigenvalue weighted by Crippen LogP contribution is -2.42. The molecular weight excluding hydrogens is 388 g/mol. The Bertz CT molecular complexity index is 1080. The maximum Gasteiger partial charge on any atom is 0.183 e. The highest BCUT2D eigenvalue weighted by Gasteiger charge is 2.48. The molecule has 0 aromatic heterocycles. The number of aliphatic hydroxyl groups is 1. The Labute approximate surface area is 183 Å². The van der Waals surface area contributed by atoms with Crippen molar-refractivity contribution in [2.24, 2.45) is 5.73 Å². The van der Waals surface area contributed by atoms with Crippen molar-refractivity contribution >= 4 is 11.4 Å². The summed E-state index contributed by atoms with van der Waals surface area (Å²) >= 11 is 0. The van der Waals surface area contributed by atoms with Gasteiger partial charge in [-0.15, -0.1) is 0 Å². The van der Waals surface area contributed by atoms with E-state index in [1.807, 2.05) is 25.1 Å². The first-order chi connectivity index (χ1) is 14.6. The number of hydrogen-bond acceptors (Lipinski definition) is 5. The number of nitrogens with two attached hydrogens (primary N) is 1. The molecule has 4 unspecified atom stereocenters. The quantitative estimate of drug-likeness (QED) is 0.432. The zero-order chi connectivity index (χ0) is 22.1. The number of methoxy groups -OCH3 is 1. The second-order valence-corrected chi connectivity index (χ2v) is 9.76. The van der Waals surface area contributed by atoms with E-state index < -0.39 is 11.1 Å². The Kier molecular flexibility index (Phi) is 4.37. The lowest BCUT2D eigenvalue weighted by atomic mass is 9.63. The molecule has 31 heavy (non-hydrogen) atoms. The summed E-state index contributed by atoms with van der Waals surface area (Å²) in [4.78, 5) is 0. The van der Waals surface area contributed by atoms with Gasteiger partial charge < -0.3 is 20.3 Å². The lowest BCUT2D eigenvalue weighted by molar-refractivity contribution is 0.0318. The molecule has 1 heterocycles. The summed E-state index contributed by atoms with van der Waals surface area (Å²) in [6.07, 6.45) is 4.02. The number of phenolic OH excluding ortho intramolecular Hbond substituents is 1. The van der Waals surface area contributed by atoms with Crippen LogP contribution in [0.5, 0.6) is 5.75 Å². The van der Waals surface area contributed by atoms with Crippen molar-refractivity contribution in [2.75, 3.05) is 12.4 Å². The molecule has 5 rings (SSSR count). The molecule has 2 aliphatic carbocycles. The number of hydrogen-bond donors (Lipinski definition) is 4. The topological polar surface area (TPSA) is 87.7 Å². The van der Waals surface area contributed by atoms with Crippen molar-refractivity contribution in [3.63, 3.8) is 0 Å². The molecule has 0 spiro atoms. The van der Waals surface area contributed by atoms with Crippen molar-refractivity contribution in [1.82, 2.24) is 0 Å². The Morgan fingerprint density at radius 1 is 1.29 bits per heavy atom. The van der Waals surface area contributed by atoms with Crippen LogP contribution in [0.25, 0.3) is 5.76 Å². The van der Waals surface area contributed by atoms with Gasteiger partial charge in [-0.2, -0.15) is 0 Å². The number of rotatable bonds is 3. The number of ether oxygens (including phenoxy) is 1. The van der Waals surface area contributed by atoms with E-state index in [1.54, 1.807) is 7.11 Å². The van der Waals surface area contributed by atoms with Gasteiger partial charge in [0.05, 0.1) is 31.2 Å². The van der Waals surface area contributed by atoms with Crippen molar-refractivity contribution in [1.29, 1.82) is 0 Å². The zero-order valence-electron chi connectivity index (χ0n) is 18.3. The van der Waals surface area contributed by atoms with Gasteiger partial charge in [-0.3, -0.25) is 5.73 Å². The van der Waals surface area contributed by atoms with E-state index in [0.717, 1.165) is 59.2 Å². The van der Waals surface area contributed by atoms with E-state index in [1.165, 1.54) is 5.56 Å². The molecule has 2 aromatic carbocycles. The Morgan fingerprint density at radius 2 is 2.03 bits per heavy atom. The molecule has 0 radical (unpaired) electrons. The second-order valence-electron chi connectivity index (χ2n) is 9.76. The van der Waals surface area contributed by atoms with Gasteiger partial charge in [-0.1, -0.05) is 18.7 Å². The Balaban J connectivity index is 1.62. The van der Waals surface area contributed by atoms with Crippen LogP contribution >= 0.6 is 0 Å². The summed E-state index contributed by atoms with van der Waals surface area (Å²) in [6.45, 7) is 10.1. The number of benzene rings is 2. The lowest BCUT2D eigenvalue weighted by Gasteiger charge is -2.43. The van der Waals surface area contributed by atoms with Gasteiger partial charge in [0, 0.05) is 23.2 Å². The molecule has 5 N–H and O–H groups in total. The molecular formula is C26H31N2O3+. The summed E-state index contributed by atoms with van der Waals surface area (Å²) in [5.41, 5.74) is 11.3. The van der Waals surface area contributed by atoms with Gasteiger partial charge in [0.1, 0.15) is 11.5 Å². The van der Waals surface area contributed by atoms with E-state index in [2.05, 4.69) is 24.9 Å². The van der Waals surface area contributed by atoms with Crippen LogP contribution in [-0.2, 0) is 22.3 Å². The van der Waals surface area contributed by atoms with Gasteiger partial charge in [0.15, 0.2) is 5.54 Å². The fourth-order valence-corrected chi connectivity index (χ4v) is 5.75. The van der Waals surface area contributed by atoms with Gasteiger partial charge in [-0.05, 0) is 67.3 Å². The van der Waals surface area contributed by atoms with Crippen LogP contribution in [0.4, 0.5) is 5.69 Å². The molecule has 162 valence electrons. The minimum Gasteiger partial charge on any atom is -0.507 e. The van der Waals surface area contributed by atoms with Crippen molar-refractivity contribution in [3.05, 3.63) is 71.1 Å². The Morgan fingerprint density at radius 3 is 2.77 bits per heavy atom. The summed E-state index contributed by atoms with van der Waals surface area (Å²) < 4.78 is 5.27. The molecule has 3 aliphatic rings. The van der Waals surface area contributed by atoms with Gasteiger partial charge in [-0.25, -0.2) is 0 Å². The third kappa shape index (κ3) is 3.02. The predicted molar refractivity (Wildman–Crippen MR) is 123 cm³/mol. The average Bonchev–Trinajstić information content (AvgIpc) is 3.14. The molecule has 1 aliphatic heterocycles. The first-order valence-corrected chi connectivity index (χ1v) is 11.0. The highest BCUT2D eigenvalue weighted by Crippen LogP contribution is 2.55. The summed E-state index contributed by atoms with van der Waals surface area (Å²) in [5.74, 6) is 1.16. The molecule has 0 saturated carbocycles. The number of nitrogens with one attached hydrogen (secondary N) is 1. The van der Waals surface area contributed by atoms with Gasteiger partial charge in [0.2, 0.25) is 0 Å². The smallest absolute Gasteiger partial charge is 0.183 e. The molecule has 5 nitrogen and oxygen atoms in total. The van der Waals surface area contributed by atoms with E-state index in [4.69, 9.17) is 10.5 Å². The fourth-order valence-electron chi connectivity index (χ4n) is 5.75. The average molecular weight is 420 g/mol. The molecule has 0 fully saturated rings.